The molecule has 2 nitrogen and oxygen atoms in total. The number of hydrogen-bond donors (Lipinski definition) is 0. The van der Waals surface area contributed by atoms with Crippen molar-refractivity contribution in [3.63, 3.8) is 0 Å². The predicted molar refractivity (Wildman–Crippen MR) is 53.2 cm³/mol. The number of halogens is 4. The molecule has 1 aromatic rings. The van der Waals surface area contributed by atoms with Crippen LogP contribution < -0.4 is 0 Å². The second-order valence-electron chi connectivity index (χ2n) is 3.84. The highest BCUT2D eigenvalue weighted by Crippen LogP contribution is 2.30. The van der Waals surface area contributed by atoms with Gasteiger partial charge >= 0.3 is 6.18 Å². The van der Waals surface area contributed by atoms with Gasteiger partial charge in [-0.1, -0.05) is 11.2 Å². The largest absolute Gasteiger partial charge is 0.428 e. The minimum absolute atomic E-state index is 0.190. The van der Waals surface area contributed by atoms with E-state index in [0.717, 1.165) is 0 Å². The Bertz CT molecular complexity index is 467. The van der Waals surface area contributed by atoms with E-state index in [4.69, 9.17) is 0 Å². The van der Waals surface area contributed by atoms with Crippen molar-refractivity contribution in [3.05, 3.63) is 35.1 Å². The first-order valence-corrected chi connectivity index (χ1v) is 4.94. The molecule has 0 radical (unpaired) electrons. The summed E-state index contributed by atoms with van der Waals surface area (Å²) < 4.78 is 50.0. The summed E-state index contributed by atoms with van der Waals surface area (Å²) in [5, 5.41) is 3.40. The minimum Gasteiger partial charge on any atom is -0.382 e. The number of benzene rings is 1. The number of alkyl halides is 3. The van der Waals surface area contributed by atoms with Crippen molar-refractivity contribution in [2.45, 2.75) is 25.6 Å². The molecule has 1 atom stereocenters. The van der Waals surface area contributed by atoms with Crippen LogP contribution in [0.25, 0.3) is 0 Å². The van der Waals surface area contributed by atoms with E-state index < -0.39 is 18.1 Å². The average molecular weight is 247 g/mol. The fourth-order valence-corrected chi connectivity index (χ4v) is 1.55. The normalized spacial score (nSPS) is 20.1. The van der Waals surface area contributed by atoms with Gasteiger partial charge in [-0.15, -0.1) is 0 Å². The summed E-state index contributed by atoms with van der Waals surface area (Å²) in [5.74, 6) is -0.402. The van der Waals surface area contributed by atoms with Crippen molar-refractivity contribution >= 4 is 5.71 Å². The molecule has 0 N–H and O–H groups in total. The van der Waals surface area contributed by atoms with Crippen LogP contribution in [-0.4, -0.2) is 18.0 Å². The lowest BCUT2D eigenvalue weighted by atomic mass is 10.0. The van der Waals surface area contributed by atoms with E-state index in [-0.39, 0.29) is 12.1 Å². The van der Waals surface area contributed by atoms with Gasteiger partial charge in [0.05, 0.1) is 5.71 Å². The summed E-state index contributed by atoms with van der Waals surface area (Å²) in [7, 11) is 0. The van der Waals surface area contributed by atoms with Crippen molar-refractivity contribution in [1.29, 1.82) is 0 Å². The second-order valence-corrected chi connectivity index (χ2v) is 3.84. The van der Waals surface area contributed by atoms with Gasteiger partial charge in [0, 0.05) is 6.42 Å². The highest BCUT2D eigenvalue weighted by Gasteiger charge is 2.45. The van der Waals surface area contributed by atoms with E-state index in [9.17, 15) is 17.6 Å². The maximum absolute atomic E-state index is 13.0. The van der Waals surface area contributed by atoms with Crippen LogP contribution in [0, 0.1) is 12.7 Å². The lowest BCUT2D eigenvalue weighted by molar-refractivity contribution is -0.212. The number of hydrogen-bond acceptors (Lipinski definition) is 2. The van der Waals surface area contributed by atoms with Gasteiger partial charge in [-0.3, -0.25) is 0 Å². The summed E-state index contributed by atoms with van der Waals surface area (Å²) in [6.45, 7) is 1.54. The van der Waals surface area contributed by atoms with E-state index in [1.165, 1.54) is 25.1 Å². The first-order valence-electron chi connectivity index (χ1n) is 4.94. The van der Waals surface area contributed by atoms with Gasteiger partial charge in [-0.05, 0) is 30.2 Å². The summed E-state index contributed by atoms with van der Waals surface area (Å²) in [6.07, 6.45) is -6.67. The van der Waals surface area contributed by atoms with Crippen molar-refractivity contribution < 1.29 is 22.4 Å². The van der Waals surface area contributed by atoms with Gasteiger partial charge in [0.2, 0.25) is 6.10 Å². The quantitative estimate of drug-likeness (QED) is 0.698. The molecule has 0 spiro atoms. The average Bonchev–Trinajstić information content (AvgIpc) is 2.70. The van der Waals surface area contributed by atoms with Crippen LogP contribution in [0.3, 0.4) is 0 Å². The Kier molecular flexibility index (Phi) is 2.81. The molecule has 17 heavy (non-hydrogen) atoms. The van der Waals surface area contributed by atoms with Crippen LogP contribution in [0.15, 0.2) is 23.4 Å². The van der Waals surface area contributed by atoms with Crippen molar-refractivity contribution in [1.82, 2.24) is 0 Å². The summed E-state index contributed by atoms with van der Waals surface area (Å²) in [4.78, 5) is 4.32. The molecule has 0 bridgehead atoms. The zero-order valence-electron chi connectivity index (χ0n) is 8.88. The summed E-state index contributed by atoms with van der Waals surface area (Å²) in [6, 6.07) is 4.05. The Morgan fingerprint density at radius 2 is 2.06 bits per heavy atom. The van der Waals surface area contributed by atoms with Crippen LogP contribution in [0.1, 0.15) is 17.5 Å². The summed E-state index contributed by atoms with van der Waals surface area (Å²) >= 11 is 0. The number of oxime groups is 1. The fourth-order valence-electron chi connectivity index (χ4n) is 1.55. The van der Waals surface area contributed by atoms with E-state index in [0.29, 0.717) is 11.1 Å². The third-order valence-electron chi connectivity index (χ3n) is 2.53. The van der Waals surface area contributed by atoms with Crippen molar-refractivity contribution in [2.24, 2.45) is 5.16 Å². The van der Waals surface area contributed by atoms with Crippen molar-refractivity contribution in [2.75, 3.05) is 0 Å². The van der Waals surface area contributed by atoms with E-state index in [1.807, 2.05) is 0 Å². The second kappa shape index (κ2) is 4.01. The molecule has 0 aliphatic carbocycles. The molecule has 1 aliphatic rings. The molecular formula is C11H9F4NO. The Morgan fingerprint density at radius 1 is 1.35 bits per heavy atom. The maximum Gasteiger partial charge on any atom is 0.428 e. The highest BCUT2D eigenvalue weighted by atomic mass is 19.4. The molecule has 2 rings (SSSR count). The highest BCUT2D eigenvalue weighted by molar-refractivity contribution is 6.01. The Hall–Kier alpha value is -1.59. The molecule has 1 aromatic carbocycles. The molecule has 92 valence electrons. The molecule has 0 aromatic heterocycles. The monoisotopic (exact) mass is 247 g/mol. The molecular weight excluding hydrogens is 238 g/mol. The third kappa shape index (κ3) is 2.40. The molecule has 0 fully saturated rings. The first-order chi connectivity index (χ1) is 7.88. The molecule has 1 unspecified atom stereocenters. The number of rotatable bonds is 1. The first kappa shape index (κ1) is 11.9. The van der Waals surface area contributed by atoms with Gasteiger partial charge in [0.25, 0.3) is 0 Å². The zero-order chi connectivity index (χ0) is 12.6. The molecule has 0 saturated heterocycles. The van der Waals surface area contributed by atoms with Crippen LogP contribution >= 0.6 is 0 Å². The Balaban J connectivity index is 2.18. The van der Waals surface area contributed by atoms with Gasteiger partial charge in [0.15, 0.2) is 0 Å². The van der Waals surface area contributed by atoms with Gasteiger partial charge in [-0.25, -0.2) is 4.39 Å². The predicted octanol–water partition coefficient (Wildman–Crippen LogP) is 3.19. The number of nitrogens with zero attached hydrogens (tertiary/aromatic N) is 1. The molecule has 6 heteroatoms. The minimum atomic E-state index is -4.43. The molecule has 1 aliphatic heterocycles. The Morgan fingerprint density at radius 3 is 2.59 bits per heavy atom. The molecule has 0 saturated carbocycles. The van der Waals surface area contributed by atoms with Gasteiger partial charge in [0.1, 0.15) is 5.82 Å². The zero-order valence-corrected chi connectivity index (χ0v) is 8.88. The third-order valence-corrected chi connectivity index (χ3v) is 2.53. The smallest absolute Gasteiger partial charge is 0.382 e. The van der Waals surface area contributed by atoms with Crippen LogP contribution in [0.4, 0.5) is 17.6 Å². The molecule has 1 heterocycles. The van der Waals surface area contributed by atoms with Gasteiger partial charge in [-0.2, -0.15) is 13.2 Å². The maximum atomic E-state index is 13.0. The molecule has 0 amide bonds. The lowest BCUT2D eigenvalue weighted by Gasteiger charge is -2.11. The van der Waals surface area contributed by atoms with Crippen LogP contribution in [0.5, 0.6) is 0 Å². The standard InChI is InChI=1S/C11H9F4NO/c1-6-4-7(2-3-8(6)12)9-5-10(17-16-9)11(13,14)15/h2-4,10H,5H2,1H3. The van der Waals surface area contributed by atoms with Gasteiger partial charge < -0.3 is 4.84 Å². The van der Waals surface area contributed by atoms with Crippen LogP contribution in [-0.2, 0) is 4.84 Å². The fraction of sp³-hybridized carbons (Fsp3) is 0.364. The summed E-state index contributed by atoms with van der Waals surface area (Å²) in [5.41, 5.74) is 1.01. The lowest BCUT2D eigenvalue weighted by Crippen LogP contribution is -2.28. The van der Waals surface area contributed by atoms with Crippen LogP contribution in [0.2, 0.25) is 0 Å². The topological polar surface area (TPSA) is 21.6 Å². The SMILES string of the molecule is Cc1cc(C2=NOC(C(F)(F)F)C2)ccc1F. The Labute approximate surface area is 94.9 Å². The number of aryl methyl sites for hydroxylation is 1. The van der Waals surface area contributed by atoms with E-state index in [1.54, 1.807) is 0 Å². The van der Waals surface area contributed by atoms with E-state index >= 15 is 0 Å². The van der Waals surface area contributed by atoms with E-state index in [2.05, 4.69) is 9.99 Å². The van der Waals surface area contributed by atoms with Crippen molar-refractivity contribution in [3.8, 4) is 0 Å².